The van der Waals surface area contributed by atoms with E-state index < -0.39 is 11.9 Å². The minimum atomic E-state index is -0.702. The number of anilines is 1. The predicted octanol–water partition coefficient (Wildman–Crippen LogP) is 3.37. The quantitative estimate of drug-likeness (QED) is 0.460. The van der Waals surface area contributed by atoms with E-state index in [0.717, 1.165) is 12.5 Å². The van der Waals surface area contributed by atoms with Crippen molar-refractivity contribution in [3.63, 3.8) is 0 Å². The Balaban J connectivity index is 2.53. The number of hydrogen-bond acceptors (Lipinski definition) is 7. The topological polar surface area (TPSA) is 94.8 Å². The number of carbonyl (C=O) groups excluding carboxylic acids is 2. The average molecular weight is 359 g/mol. The molecule has 0 amide bonds. The molecule has 1 aromatic carbocycles. The Bertz CT molecular complexity index is 897. The van der Waals surface area contributed by atoms with E-state index in [0.29, 0.717) is 23.1 Å². The first-order valence-corrected chi connectivity index (χ1v) is 8.38. The molecule has 0 fully saturated rings. The average Bonchev–Trinajstić information content (AvgIpc) is 2.61. The molecular weight excluding hydrogens is 338 g/mol. The van der Waals surface area contributed by atoms with Crippen molar-refractivity contribution in [3.05, 3.63) is 51.9 Å². The molecule has 0 saturated heterocycles. The van der Waals surface area contributed by atoms with Crippen LogP contribution in [0.4, 0.5) is 5.69 Å². The van der Waals surface area contributed by atoms with E-state index in [9.17, 15) is 14.4 Å². The lowest BCUT2D eigenvalue weighted by Crippen LogP contribution is -2.13. The third-order valence-corrected chi connectivity index (χ3v) is 3.54. The highest BCUT2D eigenvalue weighted by Gasteiger charge is 2.17. The van der Waals surface area contributed by atoms with E-state index in [-0.39, 0.29) is 23.4 Å². The number of nitrogens with one attached hydrogen (secondary N) is 1. The maximum absolute atomic E-state index is 12.3. The van der Waals surface area contributed by atoms with Crippen LogP contribution in [0.15, 0.2) is 39.6 Å². The van der Waals surface area contributed by atoms with Gasteiger partial charge >= 0.3 is 11.9 Å². The van der Waals surface area contributed by atoms with Crippen LogP contribution in [0, 0.1) is 0 Å². The van der Waals surface area contributed by atoms with Gasteiger partial charge in [0.25, 0.3) is 0 Å². The van der Waals surface area contributed by atoms with Gasteiger partial charge in [-0.25, -0.2) is 15.1 Å². The maximum Gasteiger partial charge on any atom is 0.374 e. The van der Waals surface area contributed by atoms with Crippen LogP contribution in [0.3, 0.4) is 0 Å². The van der Waals surface area contributed by atoms with Gasteiger partial charge in [0, 0.05) is 17.7 Å². The fourth-order valence-electron chi connectivity index (χ4n) is 2.45. The number of aryl methyl sites for hydroxylation is 1. The number of fused-ring (bicyclic) bond motifs is 1. The summed E-state index contributed by atoms with van der Waals surface area (Å²) in [5.41, 5.74) is 3.65. The zero-order valence-electron chi connectivity index (χ0n) is 15.0. The van der Waals surface area contributed by atoms with Crippen LogP contribution in [0.5, 0.6) is 0 Å². The molecule has 7 heteroatoms. The highest BCUT2D eigenvalue weighted by molar-refractivity contribution is 5.91. The van der Waals surface area contributed by atoms with Gasteiger partial charge < -0.3 is 14.0 Å². The van der Waals surface area contributed by atoms with E-state index in [1.54, 1.807) is 32.1 Å². The Morgan fingerprint density at radius 2 is 2.04 bits per heavy atom. The van der Waals surface area contributed by atoms with Crippen LogP contribution in [-0.2, 0) is 20.8 Å². The zero-order valence-corrected chi connectivity index (χ0v) is 15.0. The van der Waals surface area contributed by atoms with Gasteiger partial charge in [-0.2, -0.15) is 0 Å². The molecule has 0 aliphatic carbocycles. The van der Waals surface area contributed by atoms with Gasteiger partial charge in [-0.05, 0) is 32.4 Å². The molecule has 7 nitrogen and oxygen atoms in total. The Labute approximate surface area is 150 Å². The standard InChI is InChI=1S/C19H21NO6/c1-4-7-12-14(20-26-17(22)8-5-2)10-9-13-15(21)11-16(25-18(12)13)19(23)24-6-3/h5,8-11,20H,4,6-7H2,1-3H3/b8-5+. The number of benzene rings is 1. The van der Waals surface area contributed by atoms with Crippen LogP contribution in [0.1, 0.15) is 43.3 Å². The molecule has 0 atom stereocenters. The summed E-state index contributed by atoms with van der Waals surface area (Å²) in [4.78, 5) is 40.8. The molecule has 0 unspecified atom stereocenters. The molecule has 0 saturated carbocycles. The molecule has 26 heavy (non-hydrogen) atoms. The van der Waals surface area contributed by atoms with Gasteiger partial charge in [0.05, 0.1) is 17.7 Å². The second-order valence-corrected chi connectivity index (χ2v) is 5.44. The van der Waals surface area contributed by atoms with Crippen LogP contribution in [0.2, 0.25) is 0 Å². The number of ether oxygens (including phenoxy) is 1. The van der Waals surface area contributed by atoms with Crippen molar-refractivity contribution in [2.24, 2.45) is 0 Å². The van der Waals surface area contributed by atoms with Crippen molar-refractivity contribution < 1.29 is 23.6 Å². The van der Waals surface area contributed by atoms with Crippen molar-refractivity contribution in [3.8, 4) is 0 Å². The molecular formula is C19H21NO6. The lowest BCUT2D eigenvalue weighted by molar-refractivity contribution is -0.134. The smallest absolute Gasteiger partial charge is 0.374 e. The first-order chi connectivity index (χ1) is 12.5. The molecule has 2 aromatic rings. The fraction of sp³-hybridized carbons (Fsp3) is 0.316. The van der Waals surface area contributed by atoms with Crippen molar-refractivity contribution in [2.45, 2.75) is 33.6 Å². The van der Waals surface area contributed by atoms with E-state index in [4.69, 9.17) is 14.0 Å². The van der Waals surface area contributed by atoms with Crippen molar-refractivity contribution in [1.29, 1.82) is 0 Å². The first kappa shape index (κ1) is 19.2. The molecule has 0 aliphatic heterocycles. The normalized spacial score (nSPS) is 10.9. The van der Waals surface area contributed by atoms with Crippen LogP contribution >= 0.6 is 0 Å². The van der Waals surface area contributed by atoms with E-state index >= 15 is 0 Å². The second kappa shape index (κ2) is 8.84. The summed E-state index contributed by atoms with van der Waals surface area (Å²) in [6.45, 7) is 5.50. The molecule has 2 rings (SSSR count). The van der Waals surface area contributed by atoms with Gasteiger partial charge in [0.15, 0.2) is 5.43 Å². The number of allylic oxidation sites excluding steroid dienone is 1. The summed E-state index contributed by atoms with van der Waals surface area (Å²) in [6, 6.07) is 4.31. The molecule has 1 N–H and O–H groups in total. The molecule has 1 aromatic heterocycles. The lowest BCUT2D eigenvalue weighted by Gasteiger charge is -2.13. The number of esters is 1. The van der Waals surface area contributed by atoms with Gasteiger partial charge in [0.2, 0.25) is 5.76 Å². The molecule has 0 spiro atoms. The summed E-state index contributed by atoms with van der Waals surface area (Å²) in [5, 5.41) is 0.340. The summed E-state index contributed by atoms with van der Waals surface area (Å²) >= 11 is 0. The van der Waals surface area contributed by atoms with Gasteiger partial charge in [-0.3, -0.25) is 4.79 Å². The van der Waals surface area contributed by atoms with Crippen LogP contribution in [0.25, 0.3) is 11.0 Å². The van der Waals surface area contributed by atoms with Crippen molar-refractivity contribution in [1.82, 2.24) is 0 Å². The lowest BCUT2D eigenvalue weighted by atomic mass is 10.0. The highest BCUT2D eigenvalue weighted by atomic mass is 16.7. The minimum Gasteiger partial charge on any atom is -0.460 e. The maximum atomic E-state index is 12.3. The Morgan fingerprint density at radius 3 is 2.69 bits per heavy atom. The van der Waals surface area contributed by atoms with Gasteiger partial charge in [-0.15, -0.1) is 0 Å². The van der Waals surface area contributed by atoms with Crippen LogP contribution < -0.4 is 10.9 Å². The third kappa shape index (κ3) is 4.30. The van der Waals surface area contributed by atoms with E-state index in [2.05, 4.69) is 5.48 Å². The number of rotatable bonds is 7. The van der Waals surface area contributed by atoms with Gasteiger partial charge in [0.1, 0.15) is 5.58 Å². The minimum absolute atomic E-state index is 0.162. The van der Waals surface area contributed by atoms with E-state index in [1.807, 2.05) is 6.92 Å². The molecule has 138 valence electrons. The van der Waals surface area contributed by atoms with Crippen molar-refractivity contribution in [2.75, 3.05) is 12.1 Å². The number of hydrogen-bond donors (Lipinski definition) is 1. The monoisotopic (exact) mass is 359 g/mol. The molecule has 1 heterocycles. The fourth-order valence-corrected chi connectivity index (χ4v) is 2.45. The third-order valence-electron chi connectivity index (χ3n) is 3.54. The highest BCUT2D eigenvalue weighted by Crippen LogP contribution is 2.27. The summed E-state index contributed by atoms with van der Waals surface area (Å²) in [6.07, 6.45) is 4.13. The van der Waals surface area contributed by atoms with Crippen LogP contribution in [-0.4, -0.2) is 18.5 Å². The molecule has 0 radical (unpaired) electrons. The number of carbonyl (C=O) groups is 2. The Kier molecular flexibility index (Phi) is 6.54. The Hall–Kier alpha value is -3.09. The predicted molar refractivity (Wildman–Crippen MR) is 97.0 cm³/mol. The van der Waals surface area contributed by atoms with Gasteiger partial charge in [-0.1, -0.05) is 19.4 Å². The molecule has 0 aliphatic rings. The summed E-state index contributed by atoms with van der Waals surface area (Å²) < 4.78 is 10.6. The molecule has 0 bridgehead atoms. The van der Waals surface area contributed by atoms with E-state index in [1.165, 1.54) is 6.08 Å². The Morgan fingerprint density at radius 1 is 1.27 bits per heavy atom. The summed E-state index contributed by atoms with van der Waals surface area (Å²) in [5.74, 6) is -1.42. The largest absolute Gasteiger partial charge is 0.460 e. The SMILES string of the molecule is C/C=C/C(=O)ONc1ccc2c(=O)cc(C(=O)OCC)oc2c1CCC. The zero-order chi connectivity index (χ0) is 19.1. The first-order valence-electron chi connectivity index (χ1n) is 8.38. The summed E-state index contributed by atoms with van der Waals surface area (Å²) in [7, 11) is 0. The second-order valence-electron chi connectivity index (χ2n) is 5.44. The van der Waals surface area contributed by atoms with Crippen molar-refractivity contribution >= 4 is 28.6 Å².